The Morgan fingerprint density at radius 2 is 1.58 bits per heavy atom. The second-order valence-corrected chi connectivity index (χ2v) is 19.4. The quantitative estimate of drug-likeness (QED) is 0.206. The van der Waals surface area contributed by atoms with E-state index in [4.69, 9.17) is 9.53 Å². The van der Waals surface area contributed by atoms with Crippen molar-refractivity contribution >= 4 is 20.7 Å². The Kier molecular flexibility index (Phi) is 17.7. The lowest BCUT2D eigenvalue weighted by Gasteiger charge is -2.58. The highest BCUT2D eigenvalue weighted by Crippen LogP contribution is 2.61. The molecule has 1 N–H and O–H groups in total. The summed E-state index contributed by atoms with van der Waals surface area (Å²) in [6.45, 7) is 27.8. The molecule has 0 bridgehead atoms. The van der Waals surface area contributed by atoms with Gasteiger partial charge in [0.15, 0.2) is 7.85 Å². The smallest absolute Gasteiger partial charge is 0.411 e. The minimum Gasteiger partial charge on any atom is -0.411 e. The number of hydrogen-bond donors (Lipinski definition) is 1. The number of nitrogens with zero attached hydrogens (tertiary/aromatic N) is 2. The van der Waals surface area contributed by atoms with E-state index in [1.54, 1.807) is 6.92 Å². The minimum absolute atomic E-state index is 0.0553. The van der Waals surface area contributed by atoms with Gasteiger partial charge in [-0.1, -0.05) is 87.7 Å². The Balaban J connectivity index is 0.000000348. The molecule has 1 spiro atoms. The van der Waals surface area contributed by atoms with E-state index in [1.165, 1.54) is 44.1 Å². The number of fused-ring (bicyclic) bond motifs is 5. The van der Waals surface area contributed by atoms with Gasteiger partial charge in [-0.05, 0) is 117 Å². The van der Waals surface area contributed by atoms with Crippen molar-refractivity contribution in [3.8, 4) is 0 Å². The fraction of sp³-hybridized carbons (Fsp3) is 0.864. The van der Waals surface area contributed by atoms with E-state index >= 15 is 0 Å². The first-order valence-electron chi connectivity index (χ1n) is 21.0. The molecule has 1 amide bonds. The van der Waals surface area contributed by atoms with E-state index in [9.17, 15) is 27.5 Å². The molecule has 2 aliphatic heterocycles. The van der Waals surface area contributed by atoms with Crippen LogP contribution in [0.3, 0.4) is 0 Å². The molecule has 55 heavy (non-hydrogen) atoms. The average molecular weight is 783 g/mol. The van der Waals surface area contributed by atoms with Crippen molar-refractivity contribution < 1.29 is 37.0 Å². The number of rotatable bonds is 7. The third-order valence-electron chi connectivity index (χ3n) is 13.1. The Morgan fingerprint density at radius 1 is 0.982 bits per heavy atom. The van der Waals surface area contributed by atoms with E-state index in [0.717, 1.165) is 63.0 Å². The Bertz CT molecular complexity index is 1280. The zero-order chi connectivity index (χ0) is 42.2. The Hall–Kier alpha value is -1.88. The van der Waals surface area contributed by atoms with Crippen LogP contribution in [0.5, 0.6) is 0 Å². The summed E-state index contributed by atoms with van der Waals surface area (Å²) in [7, 11) is 6.11. The lowest BCUT2D eigenvalue weighted by atomic mass is 9.52. The molecular formula is C44H75BF4N2O4. The van der Waals surface area contributed by atoms with Crippen LogP contribution in [0.15, 0.2) is 23.5 Å². The zero-order valence-corrected chi connectivity index (χ0v) is 36.2. The van der Waals surface area contributed by atoms with Crippen molar-refractivity contribution in [1.82, 2.24) is 9.80 Å². The molecule has 6 aliphatic rings. The molecule has 5 unspecified atom stereocenters. The molecule has 0 aromatic rings. The number of aliphatic hydroxyl groups excluding tert-OH is 1. The van der Waals surface area contributed by atoms with E-state index in [1.807, 2.05) is 25.5 Å². The summed E-state index contributed by atoms with van der Waals surface area (Å²) in [6, 6.07) is 0. The van der Waals surface area contributed by atoms with Crippen LogP contribution in [0, 0.1) is 45.3 Å². The fourth-order valence-electron chi connectivity index (χ4n) is 10.5. The molecule has 6 atom stereocenters. The highest BCUT2D eigenvalue weighted by Gasteiger charge is 2.56. The van der Waals surface area contributed by atoms with Gasteiger partial charge >= 0.3 is 6.09 Å². The molecule has 2 heterocycles. The fourth-order valence-corrected chi connectivity index (χ4v) is 10.5. The van der Waals surface area contributed by atoms with Gasteiger partial charge in [0.25, 0.3) is 11.7 Å². The summed E-state index contributed by atoms with van der Waals surface area (Å²) in [6.07, 6.45) is 14.3. The number of alkyl halides is 4. The molecule has 2 radical (unpaired) electrons. The first-order chi connectivity index (χ1) is 25.4. The van der Waals surface area contributed by atoms with E-state index < -0.39 is 18.2 Å². The van der Waals surface area contributed by atoms with Gasteiger partial charge in [-0.3, -0.25) is 0 Å². The van der Waals surface area contributed by atoms with Gasteiger partial charge in [-0.15, -0.1) is 0 Å². The van der Waals surface area contributed by atoms with Gasteiger partial charge in [0.2, 0.25) is 0 Å². The van der Waals surface area contributed by atoms with Crippen LogP contribution in [0.4, 0.5) is 22.4 Å². The molecule has 5 fully saturated rings. The molecule has 2 saturated heterocycles. The topological polar surface area (TPSA) is 70.1 Å². The van der Waals surface area contributed by atoms with Gasteiger partial charge in [0.05, 0.1) is 6.10 Å². The van der Waals surface area contributed by atoms with Crippen molar-refractivity contribution in [1.29, 1.82) is 0 Å². The van der Waals surface area contributed by atoms with E-state index in [2.05, 4.69) is 80.4 Å². The Morgan fingerprint density at radius 3 is 2.07 bits per heavy atom. The van der Waals surface area contributed by atoms with Crippen LogP contribution in [-0.2, 0) is 9.53 Å². The van der Waals surface area contributed by atoms with Crippen LogP contribution in [0.25, 0.3) is 0 Å². The van der Waals surface area contributed by atoms with Crippen molar-refractivity contribution in [2.24, 2.45) is 45.3 Å². The van der Waals surface area contributed by atoms with Gasteiger partial charge in [-0.2, -0.15) is 0 Å². The maximum absolute atomic E-state index is 12.6. The number of unbranched alkanes of at least 4 members (excludes halogenated alkanes) is 1. The van der Waals surface area contributed by atoms with E-state index in [-0.39, 0.29) is 24.0 Å². The number of ether oxygens (including phenoxy) is 1. The van der Waals surface area contributed by atoms with Crippen molar-refractivity contribution in [3.63, 3.8) is 0 Å². The van der Waals surface area contributed by atoms with Crippen LogP contribution in [-0.4, -0.2) is 86.7 Å². The summed E-state index contributed by atoms with van der Waals surface area (Å²) in [4.78, 5) is 24.8. The number of halogens is 4. The second kappa shape index (κ2) is 19.7. The van der Waals surface area contributed by atoms with Crippen LogP contribution in [0.2, 0.25) is 0 Å². The minimum atomic E-state index is -4.39. The molecule has 6 rings (SSSR count). The number of allylic oxidation sites excluding steroid dienone is 3. The monoisotopic (exact) mass is 783 g/mol. The van der Waals surface area contributed by atoms with Crippen molar-refractivity contribution in [2.45, 2.75) is 164 Å². The largest absolute Gasteiger partial charge is 0.415 e. The normalized spacial score (nSPS) is 29.5. The number of amides is 1. The SMILES string of the molecule is C=O.CC.CCC(C)(C)CC(C)(C)C.CN1CC2(C1)CN(C(=O)OC1=CCC3C(=C1)CCC1C4CCC(O)C4(C)CC[C@H]31)C2.[B]C(F)(F)C(F)(F)CCCC. The third kappa shape index (κ3) is 12.6. The Labute approximate surface area is 333 Å². The lowest BCUT2D eigenvalue weighted by Crippen LogP contribution is -2.72. The summed E-state index contributed by atoms with van der Waals surface area (Å²) in [5.74, 6) is -4.86. The number of carbonyl (C=O) groups excluding carboxylic acids is 2. The van der Waals surface area contributed by atoms with Crippen molar-refractivity contribution in [3.05, 3.63) is 23.5 Å². The van der Waals surface area contributed by atoms with Crippen LogP contribution < -0.4 is 0 Å². The molecule has 316 valence electrons. The molecule has 11 heteroatoms. The van der Waals surface area contributed by atoms with E-state index in [0.29, 0.717) is 34.5 Å². The molecular weight excluding hydrogens is 707 g/mol. The van der Waals surface area contributed by atoms with Gasteiger partial charge in [0.1, 0.15) is 12.5 Å². The summed E-state index contributed by atoms with van der Waals surface area (Å²) in [5.41, 5.74) is 3.01. The summed E-state index contributed by atoms with van der Waals surface area (Å²) in [5, 5.41) is 10.6. The van der Waals surface area contributed by atoms with Gasteiger partial charge in [0, 0.05) is 38.0 Å². The van der Waals surface area contributed by atoms with Crippen LogP contribution >= 0.6 is 0 Å². The number of carbonyl (C=O) groups is 2. The molecule has 0 aromatic carbocycles. The first-order valence-corrected chi connectivity index (χ1v) is 21.0. The first kappa shape index (κ1) is 49.3. The highest BCUT2D eigenvalue weighted by atomic mass is 19.3. The van der Waals surface area contributed by atoms with Gasteiger partial charge in [-0.25, -0.2) is 22.4 Å². The molecule has 3 saturated carbocycles. The number of likely N-dealkylation sites (tertiary alicyclic amines) is 2. The standard InChI is InChI=1S/C25H36N2O3.C10H22.C6H9BF4.C2H6.CH2O/c1-24-10-9-19-18-6-4-17(30-23(29)27-14-25(15-27)12-26(2)13-25)11-16(18)3-5-20(19)21(24)7-8-22(24)28;1-7-10(5,6)8-9(2,3)4;1-2-3-4-5(8,9)6(7,10)11;2*1-2/h4,11,18-22,28H,3,5-10,12-15H2,1-2H3;7-8H2,1-6H3;2-4H2,1H3;1-2H3;1H2/t18?,19-,20?,21?,22?,24?;;;;/m1..../s1. The van der Waals surface area contributed by atoms with Gasteiger partial charge < -0.3 is 24.4 Å². The molecule has 0 aromatic heterocycles. The predicted molar refractivity (Wildman–Crippen MR) is 216 cm³/mol. The lowest BCUT2D eigenvalue weighted by molar-refractivity contribution is -0.162. The summed E-state index contributed by atoms with van der Waals surface area (Å²) < 4.78 is 54.0. The average Bonchev–Trinajstić information content (AvgIpc) is 3.39. The number of aliphatic hydroxyl groups is 1. The maximum Gasteiger partial charge on any atom is 0.415 e. The molecule has 4 aliphatic carbocycles. The van der Waals surface area contributed by atoms with Crippen molar-refractivity contribution in [2.75, 3.05) is 33.2 Å². The zero-order valence-electron chi connectivity index (χ0n) is 36.2. The predicted octanol–water partition coefficient (Wildman–Crippen LogP) is 11.1. The maximum atomic E-state index is 12.6. The number of hydrogen-bond acceptors (Lipinski definition) is 5. The second-order valence-electron chi connectivity index (χ2n) is 19.4. The van der Waals surface area contributed by atoms with Crippen LogP contribution in [0.1, 0.15) is 146 Å². The highest BCUT2D eigenvalue weighted by molar-refractivity contribution is 6.13. The molecule has 6 nitrogen and oxygen atoms in total. The third-order valence-corrected chi connectivity index (χ3v) is 13.1. The summed E-state index contributed by atoms with van der Waals surface area (Å²) >= 11 is 0.